The minimum absolute atomic E-state index is 0.174. The lowest BCUT2D eigenvalue weighted by molar-refractivity contribution is -0.143. The molecule has 178 valence electrons. The summed E-state index contributed by atoms with van der Waals surface area (Å²) in [5, 5.41) is 34.5. The third-order valence-electron chi connectivity index (χ3n) is 4.70. The second-order valence-corrected chi connectivity index (χ2v) is 7.58. The van der Waals surface area contributed by atoms with Gasteiger partial charge in [0.2, 0.25) is 17.7 Å². The van der Waals surface area contributed by atoms with Gasteiger partial charge in [0.15, 0.2) is 0 Å². The lowest BCUT2D eigenvalue weighted by Gasteiger charge is -2.26. The average molecular weight is 465 g/mol. The van der Waals surface area contributed by atoms with E-state index in [1.807, 2.05) is 6.92 Å². The molecule has 0 aliphatic carbocycles. The van der Waals surface area contributed by atoms with Gasteiger partial charge in [0.1, 0.15) is 18.1 Å². The molecule has 13 heteroatoms. The number of aliphatic hydroxyl groups is 1. The fraction of sp³-hybridized carbons (Fsp3) is 0.722. The van der Waals surface area contributed by atoms with Crippen LogP contribution < -0.4 is 21.7 Å². The maximum absolute atomic E-state index is 12.6. The molecule has 0 radical (unpaired) electrons. The molecule has 0 aliphatic rings. The summed E-state index contributed by atoms with van der Waals surface area (Å²) in [4.78, 5) is 59.1. The molecule has 0 bridgehead atoms. The van der Waals surface area contributed by atoms with Crippen molar-refractivity contribution in [2.45, 2.75) is 70.3 Å². The first kappa shape index (κ1) is 28.6. The molecule has 6 atom stereocenters. The van der Waals surface area contributed by atoms with Gasteiger partial charge in [-0.05, 0) is 19.3 Å². The van der Waals surface area contributed by atoms with E-state index in [4.69, 9.17) is 15.9 Å². The number of thiol groups is 1. The van der Waals surface area contributed by atoms with Gasteiger partial charge in [-0.2, -0.15) is 12.6 Å². The number of aliphatic carboxylic acids is 2. The van der Waals surface area contributed by atoms with Crippen LogP contribution in [-0.4, -0.2) is 81.0 Å². The molecule has 0 fully saturated rings. The van der Waals surface area contributed by atoms with E-state index in [1.54, 1.807) is 6.92 Å². The van der Waals surface area contributed by atoms with Crippen LogP contribution in [0.15, 0.2) is 0 Å². The number of carbonyl (C=O) groups is 5. The molecule has 0 spiro atoms. The Morgan fingerprint density at radius 3 is 1.90 bits per heavy atom. The lowest BCUT2D eigenvalue weighted by atomic mass is 9.98. The van der Waals surface area contributed by atoms with E-state index in [0.29, 0.717) is 6.42 Å². The second-order valence-electron chi connectivity index (χ2n) is 7.21. The highest BCUT2D eigenvalue weighted by Crippen LogP contribution is 2.07. The summed E-state index contributed by atoms with van der Waals surface area (Å²) in [5.41, 5.74) is 5.83. The smallest absolute Gasteiger partial charge is 0.326 e. The van der Waals surface area contributed by atoms with Crippen LogP contribution in [0.1, 0.15) is 40.0 Å². The Morgan fingerprint density at radius 1 is 0.935 bits per heavy atom. The summed E-state index contributed by atoms with van der Waals surface area (Å²) in [6.45, 7) is 4.86. The molecule has 0 aromatic rings. The van der Waals surface area contributed by atoms with Crippen LogP contribution in [-0.2, 0) is 24.0 Å². The summed E-state index contributed by atoms with van der Waals surface area (Å²) in [5.74, 6) is -5.53. The minimum Gasteiger partial charge on any atom is -0.481 e. The zero-order chi connectivity index (χ0) is 24.3. The summed E-state index contributed by atoms with van der Waals surface area (Å²) >= 11 is 3.96. The Bertz CT molecular complexity index is 660. The predicted octanol–water partition coefficient (Wildman–Crippen LogP) is -1.93. The van der Waals surface area contributed by atoms with Crippen molar-refractivity contribution in [3.63, 3.8) is 0 Å². The summed E-state index contributed by atoms with van der Waals surface area (Å²) < 4.78 is 0. The van der Waals surface area contributed by atoms with Gasteiger partial charge in [-0.25, -0.2) is 4.79 Å². The number of carbonyl (C=O) groups excluding carboxylic acids is 3. The number of amides is 3. The highest BCUT2D eigenvalue weighted by Gasteiger charge is 2.32. The molecule has 6 unspecified atom stereocenters. The van der Waals surface area contributed by atoms with Crippen molar-refractivity contribution in [2.24, 2.45) is 11.7 Å². The second kappa shape index (κ2) is 13.8. The normalized spacial score (nSPS) is 16.7. The van der Waals surface area contributed by atoms with Crippen molar-refractivity contribution >= 4 is 42.3 Å². The fourth-order valence-corrected chi connectivity index (χ4v) is 2.68. The molecule has 0 saturated carbocycles. The number of rotatable bonds is 14. The summed E-state index contributed by atoms with van der Waals surface area (Å²) in [6, 6.07) is -5.11. The van der Waals surface area contributed by atoms with Crippen LogP contribution in [0.3, 0.4) is 0 Å². The number of nitrogens with one attached hydrogen (secondary N) is 3. The number of carboxylic acids is 2. The monoisotopic (exact) mass is 464 g/mol. The van der Waals surface area contributed by atoms with E-state index >= 15 is 0 Å². The molecule has 0 aromatic carbocycles. The fourth-order valence-electron chi connectivity index (χ4n) is 2.42. The quantitative estimate of drug-likeness (QED) is 0.134. The number of hydrogen-bond acceptors (Lipinski definition) is 8. The van der Waals surface area contributed by atoms with Crippen molar-refractivity contribution in [2.75, 3.05) is 5.75 Å². The third-order valence-corrected chi connectivity index (χ3v) is 5.06. The van der Waals surface area contributed by atoms with Crippen LogP contribution in [0.2, 0.25) is 0 Å². The molecule has 0 saturated heterocycles. The van der Waals surface area contributed by atoms with Crippen LogP contribution in [0.4, 0.5) is 0 Å². The van der Waals surface area contributed by atoms with Gasteiger partial charge in [0.05, 0.1) is 12.1 Å². The summed E-state index contributed by atoms with van der Waals surface area (Å²) in [7, 11) is 0. The van der Waals surface area contributed by atoms with Gasteiger partial charge in [-0.15, -0.1) is 0 Å². The molecule has 0 aromatic heterocycles. The van der Waals surface area contributed by atoms with Gasteiger partial charge in [-0.1, -0.05) is 20.3 Å². The van der Waals surface area contributed by atoms with Crippen molar-refractivity contribution in [3.05, 3.63) is 0 Å². The van der Waals surface area contributed by atoms with E-state index in [9.17, 15) is 29.1 Å². The minimum atomic E-state index is -1.48. The molecule has 8 N–H and O–H groups in total. The number of hydrogen-bond donors (Lipinski definition) is 8. The molecule has 0 rings (SSSR count). The first-order valence-electron chi connectivity index (χ1n) is 9.75. The first-order valence-corrected chi connectivity index (χ1v) is 10.4. The highest BCUT2D eigenvalue weighted by atomic mass is 32.1. The van der Waals surface area contributed by atoms with Gasteiger partial charge < -0.3 is 37.0 Å². The van der Waals surface area contributed by atoms with Gasteiger partial charge in [-0.3, -0.25) is 19.2 Å². The van der Waals surface area contributed by atoms with Crippen molar-refractivity contribution in [3.8, 4) is 0 Å². The zero-order valence-electron chi connectivity index (χ0n) is 17.7. The van der Waals surface area contributed by atoms with E-state index in [0.717, 1.165) is 0 Å². The van der Waals surface area contributed by atoms with Crippen molar-refractivity contribution in [1.82, 2.24) is 16.0 Å². The highest BCUT2D eigenvalue weighted by molar-refractivity contribution is 7.80. The largest absolute Gasteiger partial charge is 0.481 e. The molecule has 12 nitrogen and oxygen atoms in total. The average Bonchev–Trinajstić information content (AvgIpc) is 2.70. The Labute approximate surface area is 185 Å². The predicted molar refractivity (Wildman–Crippen MR) is 113 cm³/mol. The van der Waals surface area contributed by atoms with E-state index in [-0.39, 0.29) is 18.1 Å². The van der Waals surface area contributed by atoms with Gasteiger partial charge >= 0.3 is 11.9 Å². The Morgan fingerprint density at radius 2 is 1.48 bits per heavy atom. The van der Waals surface area contributed by atoms with Gasteiger partial charge in [0, 0.05) is 12.2 Å². The third kappa shape index (κ3) is 9.98. The molecule has 31 heavy (non-hydrogen) atoms. The molecule has 0 heterocycles. The Hall–Kier alpha value is -2.38. The van der Waals surface area contributed by atoms with Gasteiger partial charge in [0.25, 0.3) is 0 Å². The molecule has 0 aliphatic heterocycles. The number of nitrogens with two attached hydrogens (primary N) is 1. The van der Waals surface area contributed by atoms with E-state index in [1.165, 1.54) is 6.92 Å². The van der Waals surface area contributed by atoms with Crippen molar-refractivity contribution < 1.29 is 39.3 Å². The molecule has 3 amide bonds. The van der Waals surface area contributed by atoms with Crippen LogP contribution in [0.5, 0.6) is 0 Å². The SMILES string of the molecule is CCC(C)C(N)C(=O)NC(C(=O)NC(CS)C(=O)NC(CCC(=O)O)C(=O)O)C(C)O. The Kier molecular flexibility index (Phi) is 12.8. The van der Waals surface area contributed by atoms with Crippen molar-refractivity contribution in [1.29, 1.82) is 0 Å². The van der Waals surface area contributed by atoms with E-state index in [2.05, 4.69) is 28.6 Å². The zero-order valence-corrected chi connectivity index (χ0v) is 18.6. The topological polar surface area (TPSA) is 208 Å². The number of carboxylic acid groups (broad SMARTS) is 2. The standard InChI is InChI=1S/C18H32N4O8S/c1-4-8(2)13(19)16(27)22-14(9(3)23)17(28)21-11(7-31)15(26)20-10(18(29)30)5-6-12(24)25/h8-11,13-14,23,31H,4-7,19H2,1-3H3,(H,20,26)(H,21,28)(H,22,27)(H,24,25)(H,29,30). The molecular weight excluding hydrogens is 432 g/mol. The maximum atomic E-state index is 12.6. The van der Waals surface area contributed by atoms with Crippen LogP contribution in [0, 0.1) is 5.92 Å². The Balaban J connectivity index is 5.20. The molecular formula is C18H32N4O8S. The maximum Gasteiger partial charge on any atom is 0.326 e. The first-order chi connectivity index (χ1) is 14.3. The summed E-state index contributed by atoms with van der Waals surface area (Å²) in [6.07, 6.45) is -1.54. The van der Waals surface area contributed by atoms with E-state index < -0.39 is 66.4 Å². The van der Waals surface area contributed by atoms with Crippen LogP contribution >= 0.6 is 12.6 Å². The number of aliphatic hydroxyl groups excluding tert-OH is 1. The lowest BCUT2D eigenvalue weighted by Crippen LogP contribution is -2.60. The van der Waals surface area contributed by atoms with Crippen LogP contribution in [0.25, 0.3) is 0 Å².